The Labute approximate surface area is 120 Å². The van der Waals surface area contributed by atoms with Crippen LogP contribution in [0.25, 0.3) is 0 Å². The minimum Gasteiger partial charge on any atom is -0.316 e. The van der Waals surface area contributed by atoms with Gasteiger partial charge in [-0.25, -0.2) is 0 Å². The Kier molecular flexibility index (Phi) is 3.80. The molecule has 20 heavy (non-hydrogen) atoms. The van der Waals surface area contributed by atoms with Crippen LogP contribution in [-0.4, -0.2) is 13.1 Å². The first-order valence-electron chi connectivity index (χ1n) is 7.15. The van der Waals surface area contributed by atoms with E-state index in [1.807, 2.05) is 24.3 Å². The highest BCUT2D eigenvalue weighted by Gasteiger charge is 2.08. The molecule has 0 radical (unpaired) electrons. The van der Waals surface area contributed by atoms with Crippen molar-refractivity contribution in [1.29, 1.82) is 5.26 Å². The second kappa shape index (κ2) is 5.90. The van der Waals surface area contributed by atoms with Gasteiger partial charge < -0.3 is 5.32 Å². The lowest BCUT2D eigenvalue weighted by molar-refractivity contribution is 0.711. The molecule has 0 saturated heterocycles. The molecular weight excluding hydrogens is 244 g/mol. The number of rotatable bonds is 2. The van der Waals surface area contributed by atoms with E-state index in [1.54, 1.807) is 0 Å². The molecule has 0 bridgehead atoms. The van der Waals surface area contributed by atoms with Crippen molar-refractivity contribution >= 4 is 0 Å². The first-order chi connectivity index (χ1) is 9.85. The average molecular weight is 262 g/mol. The molecular formula is C18H18N2. The molecule has 1 heterocycles. The van der Waals surface area contributed by atoms with Crippen molar-refractivity contribution in [2.24, 2.45) is 0 Å². The number of nitrogens with one attached hydrogen (secondary N) is 1. The van der Waals surface area contributed by atoms with E-state index in [9.17, 15) is 0 Å². The van der Waals surface area contributed by atoms with Gasteiger partial charge in [-0.1, -0.05) is 30.3 Å². The van der Waals surface area contributed by atoms with Crippen molar-refractivity contribution in [2.75, 3.05) is 13.1 Å². The zero-order chi connectivity index (χ0) is 13.8. The van der Waals surface area contributed by atoms with Gasteiger partial charge in [0.05, 0.1) is 11.6 Å². The molecule has 2 aromatic rings. The summed E-state index contributed by atoms with van der Waals surface area (Å²) in [4.78, 5) is 0. The number of benzene rings is 2. The molecule has 1 aliphatic heterocycles. The van der Waals surface area contributed by atoms with E-state index in [0.29, 0.717) is 0 Å². The summed E-state index contributed by atoms with van der Waals surface area (Å²) >= 11 is 0. The third-order valence-electron chi connectivity index (χ3n) is 3.90. The predicted molar refractivity (Wildman–Crippen MR) is 80.7 cm³/mol. The Morgan fingerprint density at radius 2 is 1.60 bits per heavy atom. The van der Waals surface area contributed by atoms with E-state index >= 15 is 0 Å². The van der Waals surface area contributed by atoms with Gasteiger partial charge in [-0.2, -0.15) is 5.26 Å². The molecule has 2 heteroatoms. The lowest BCUT2D eigenvalue weighted by Crippen LogP contribution is -2.16. The van der Waals surface area contributed by atoms with Gasteiger partial charge in [0.1, 0.15) is 0 Å². The Balaban J connectivity index is 1.80. The van der Waals surface area contributed by atoms with Crippen molar-refractivity contribution in [2.45, 2.75) is 19.3 Å². The van der Waals surface area contributed by atoms with Gasteiger partial charge >= 0.3 is 0 Å². The van der Waals surface area contributed by atoms with Gasteiger partial charge in [0, 0.05) is 0 Å². The van der Waals surface area contributed by atoms with Gasteiger partial charge in [-0.15, -0.1) is 0 Å². The van der Waals surface area contributed by atoms with Gasteiger partial charge in [0.15, 0.2) is 0 Å². The van der Waals surface area contributed by atoms with Crippen LogP contribution in [0.5, 0.6) is 0 Å². The van der Waals surface area contributed by atoms with E-state index in [2.05, 4.69) is 29.6 Å². The summed E-state index contributed by atoms with van der Waals surface area (Å²) in [5, 5.41) is 12.3. The molecule has 0 aliphatic carbocycles. The molecule has 0 saturated carbocycles. The highest BCUT2D eigenvalue weighted by atomic mass is 14.8. The summed E-state index contributed by atoms with van der Waals surface area (Å²) in [6, 6.07) is 16.9. The molecule has 3 rings (SSSR count). The third-order valence-corrected chi connectivity index (χ3v) is 3.90. The highest BCUT2D eigenvalue weighted by molar-refractivity contribution is 5.38. The fourth-order valence-corrected chi connectivity index (χ4v) is 2.77. The second-order valence-corrected chi connectivity index (χ2v) is 5.34. The monoisotopic (exact) mass is 262 g/mol. The van der Waals surface area contributed by atoms with Crippen molar-refractivity contribution in [1.82, 2.24) is 5.32 Å². The topological polar surface area (TPSA) is 35.8 Å². The van der Waals surface area contributed by atoms with Crippen molar-refractivity contribution in [3.63, 3.8) is 0 Å². The van der Waals surface area contributed by atoms with E-state index in [0.717, 1.165) is 37.9 Å². The van der Waals surface area contributed by atoms with E-state index in [-0.39, 0.29) is 0 Å². The molecule has 0 unspecified atom stereocenters. The third kappa shape index (κ3) is 2.89. The Morgan fingerprint density at radius 1 is 0.900 bits per heavy atom. The number of fused-ring (bicyclic) bond motifs is 1. The van der Waals surface area contributed by atoms with Crippen LogP contribution < -0.4 is 5.32 Å². The van der Waals surface area contributed by atoms with E-state index < -0.39 is 0 Å². The summed E-state index contributed by atoms with van der Waals surface area (Å²) < 4.78 is 0. The second-order valence-electron chi connectivity index (χ2n) is 5.34. The minimum absolute atomic E-state index is 0.724. The Morgan fingerprint density at radius 3 is 2.35 bits per heavy atom. The fraction of sp³-hybridized carbons (Fsp3) is 0.278. The van der Waals surface area contributed by atoms with Crippen LogP contribution in [0.3, 0.4) is 0 Å². The molecule has 2 nitrogen and oxygen atoms in total. The van der Waals surface area contributed by atoms with Crippen LogP contribution >= 0.6 is 0 Å². The smallest absolute Gasteiger partial charge is 0.0991 e. The molecule has 2 aromatic carbocycles. The Bertz CT molecular complexity index is 635. The van der Waals surface area contributed by atoms with E-state index in [4.69, 9.17) is 5.26 Å². The maximum atomic E-state index is 8.82. The largest absolute Gasteiger partial charge is 0.316 e. The number of hydrogen-bond acceptors (Lipinski definition) is 2. The highest BCUT2D eigenvalue weighted by Crippen LogP contribution is 2.18. The van der Waals surface area contributed by atoms with Crippen molar-refractivity contribution in [3.05, 3.63) is 70.3 Å². The molecule has 0 aromatic heterocycles. The molecule has 1 aliphatic rings. The van der Waals surface area contributed by atoms with Crippen LogP contribution in [0, 0.1) is 11.3 Å². The van der Waals surface area contributed by atoms with E-state index in [1.165, 1.54) is 22.3 Å². The number of nitrogens with zero attached hydrogens (tertiary/aromatic N) is 1. The molecule has 100 valence electrons. The van der Waals surface area contributed by atoms with Crippen molar-refractivity contribution in [3.8, 4) is 6.07 Å². The lowest BCUT2D eigenvalue weighted by atomic mass is 9.96. The van der Waals surface area contributed by atoms with Crippen LogP contribution in [0.2, 0.25) is 0 Å². The molecule has 0 atom stereocenters. The van der Waals surface area contributed by atoms with Crippen LogP contribution in [0.4, 0.5) is 0 Å². The van der Waals surface area contributed by atoms with Gasteiger partial charge in [-0.3, -0.25) is 0 Å². The molecule has 0 fully saturated rings. The first-order valence-corrected chi connectivity index (χ1v) is 7.15. The fourth-order valence-electron chi connectivity index (χ4n) is 2.77. The molecule has 1 N–H and O–H groups in total. The lowest BCUT2D eigenvalue weighted by Gasteiger charge is -2.09. The summed E-state index contributed by atoms with van der Waals surface area (Å²) in [6.45, 7) is 2.16. The van der Waals surface area contributed by atoms with Crippen LogP contribution in [0.1, 0.15) is 27.8 Å². The number of nitriles is 1. The predicted octanol–water partition coefficient (Wildman–Crippen LogP) is 2.84. The number of hydrogen-bond donors (Lipinski definition) is 1. The van der Waals surface area contributed by atoms with Crippen LogP contribution in [0.15, 0.2) is 42.5 Å². The zero-order valence-corrected chi connectivity index (χ0v) is 11.5. The summed E-state index contributed by atoms with van der Waals surface area (Å²) in [6.07, 6.45) is 3.19. The normalized spacial score (nSPS) is 14.2. The Hall–Kier alpha value is -2.11. The zero-order valence-electron chi connectivity index (χ0n) is 11.5. The summed E-state index contributed by atoms with van der Waals surface area (Å²) in [5.74, 6) is 0. The molecule has 0 spiro atoms. The maximum absolute atomic E-state index is 8.82. The summed E-state index contributed by atoms with van der Waals surface area (Å²) in [5.41, 5.74) is 6.31. The first kappa shape index (κ1) is 12.9. The van der Waals surface area contributed by atoms with Gasteiger partial charge in [0.2, 0.25) is 0 Å². The van der Waals surface area contributed by atoms with Gasteiger partial charge in [0.25, 0.3) is 0 Å². The minimum atomic E-state index is 0.724. The summed E-state index contributed by atoms with van der Waals surface area (Å²) in [7, 11) is 0. The van der Waals surface area contributed by atoms with Gasteiger partial charge in [-0.05, 0) is 66.7 Å². The average Bonchev–Trinajstić information content (AvgIpc) is 2.73. The maximum Gasteiger partial charge on any atom is 0.0991 e. The van der Waals surface area contributed by atoms with Crippen molar-refractivity contribution < 1.29 is 0 Å². The van der Waals surface area contributed by atoms with Crippen LogP contribution in [-0.2, 0) is 19.3 Å². The standard InChI is InChI=1S/C18H18N2/c19-13-15-3-1-14(2-4-15)11-16-5-6-17-7-9-20-10-8-18(17)12-16/h1-6,12,20H,7-11H2. The quantitative estimate of drug-likeness (QED) is 0.903. The SMILES string of the molecule is N#Cc1ccc(Cc2ccc3c(c2)CCNCC3)cc1. The molecule has 0 amide bonds.